The van der Waals surface area contributed by atoms with Crippen LogP contribution < -0.4 is 16.0 Å². The Kier molecular flexibility index (Phi) is 7.01. The van der Waals surface area contributed by atoms with Crippen LogP contribution in [0.1, 0.15) is 48.0 Å². The van der Waals surface area contributed by atoms with Crippen LogP contribution >= 0.6 is 23.2 Å². The number of carbonyl (C=O) groups excluding carboxylic acids is 1. The Balaban J connectivity index is 1.59. The number of rotatable bonds is 6. The number of hydrogen-bond donors (Lipinski definition) is 4. The van der Waals surface area contributed by atoms with E-state index >= 15 is 0 Å². The van der Waals surface area contributed by atoms with Crippen LogP contribution in [0.3, 0.4) is 0 Å². The molecule has 1 heterocycles. The number of aromatic carboxylic acids is 1. The lowest BCUT2D eigenvalue weighted by molar-refractivity contribution is -0.124. The third kappa shape index (κ3) is 4.98. The summed E-state index contributed by atoms with van der Waals surface area (Å²) in [5, 5.41) is 19.9. The molecule has 0 radical (unpaired) electrons. The van der Waals surface area contributed by atoms with Gasteiger partial charge in [-0.25, -0.2) is 9.18 Å². The van der Waals surface area contributed by atoms with Crippen LogP contribution in [-0.2, 0) is 10.5 Å². The van der Waals surface area contributed by atoms with Crippen molar-refractivity contribution in [1.29, 1.82) is 0 Å². The van der Waals surface area contributed by atoms with Crippen molar-refractivity contribution in [3.63, 3.8) is 0 Å². The van der Waals surface area contributed by atoms with Gasteiger partial charge in [-0.05, 0) is 72.9 Å². The zero-order valence-corrected chi connectivity index (χ0v) is 21.4. The summed E-state index contributed by atoms with van der Waals surface area (Å²) in [6.45, 7) is 0. The quantitative estimate of drug-likeness (QED) is 0.261. The predicted molar refractivity (Wildman–Crippen MR) is 144 cm³/mol. The molecular weight excluding hydrogens is 516 g/mol. The molecule has 0 bridgehead atoms. The van der Waals surface area contributed by atoms with E-state index in [2.05, 4.69) is 16.0 Å². The monoisotopic (exact) mass is 541 g/mol. The van der Waals surface area contributed by atoms with Gasteiger partial charge in [-0.15, -0.1) is 0 Å². The summed E-state index contributed by atoms with van der Waals surface area (Å²) >= 11 is 12.6. The molecule has 0 aromatic heterocycles. The van der Waals surface area contributed by atoms with Crippen molar-refractivity contribution in [2.24, 2.45) is 11.8 Å². The molecular formula is C28H26Cl2FN3O3. The van der Waals surface area contributed by atoms with Gasteiger partial charge < -0.3 is 21.1 Å². The maximum atomic E-state index is 14.2. The van der Waals surface area contributed by atoms with E-state index in [-0.39, 0.29) is 28.2 Å². The molecule has 37 heavy (non-hydrogen) atoms. The Hall–Kier alpha value is -3.29. The van der Waals surface area contributed by atoms with Gasteiger partial charge in [-0.3, -0.25) is 4.79 Å². The standard InChI is InChI=1S/C28H26Cl2FN3O3/c29-19-9-7-18(8-10-19)28(33-23-13-11-20(31)15-24(23)34-28)25(16-4-2-1-3-5-16)26(35)32-22-12-6-17(27(36)37)14-21(22)30/h6-16,25,33-34H,1-5H2,(H,32,35)(H,36,37). The fraction of sp³-hybridized carbons (Fsp3) is 0.286. The second kappa shape index (κ2) is 10.2. The maximum Gasteiger partial charge on any atom is 0.335 e. The summed E-state index contributed by atoms with van der Waals surface area (Å²) in [5.41, 5.74) is 1.31. The number of hydrogen-bond acceptors (Lipinski definition) is 4. The fourth-order valence-corrected chi connectivity index (χ4v) is 5.92. The average Bonchev–Trinajstić information content (AvgIpc) is 3.25. The minimum absolute atomic E-state index is 0.0145. The van der Waals surface area contributed by atoms with Gasteiger partial charge in [0.1, 0.15) is 11.5 Å². The molecule has 3 aromatic carbocycles. The van der Waals surface area contributed by atoms with E-state index in [0.717, 1.165) is 37.7 Å². The lowest BCUT2D eigenvalue weighted by Gasteiger charge is -2.43. The molecule has 1 saturated carbocycles. The molecule has 5 rings (SSSR count). The van der Waals surface area contributed by atoms with Crippen LogP contribution in [0.4, 0.5) is 21.5 Å². The molecule has 0 spiro atoms. The summed E-state index contributed by atoms with van der Waals surface area (Å²) in [7, 11) is 0. The van der Waals surface area contributed by atoms with E-state index in [4.69, 9.17) is 23.2 Å². The van der Waals surface area contributed by atoms with Gasteiger partial charge in [0.15, 0.2) is 0 Å². The van der Waals surface area contributed by atoms with Gasteiger partial charge in [0.25, 0.3) is 0 Å². The first-order valence-electron chi connectivity index (χ1n) is 12.2. The number of carboxylic acids is 1. The first kappa shape index (κ1) is 25.4. The van der Waals surface area contributed by atoms with Crippen LogP contribution in [0.2, 0.25) is 10.0 Å². The zero-order valence-electron chi connectivity index (χ0n) is 19.9. The molecule has 0 saturated heterocycles. The molecule has 2 unspecified atom stereocenters. The van der Waals surface area contributed by atoms with Crippen LogP contribution in [0.5, 0.6) is 0 Å². The highest BCUT2D eigenvalue weighted by atomic mass is 35.5. The van der Waals surface area contributed by atoms with Gasteiger partial charge in [0.05, 0.1) is 33.6 Å². The van der Waals surface area contributed by atoms with Crippen molar-refractivity contribution in [3.8, 4) is 0 Å². The molecule has 1 aliphatic carbocycles. The van der Waals surface area contributed by atoms with Gasteiger partial charge >= 0.3 is 5.97 Å². The van der Waals surface area contributed by atoms with Gasteiger partial charge in [-0.2, -0.15) is 0 Å². The predicted octanol–water partition coefficient (Wildman–Crippen LogP) is 7.36. The molecule has 9 heteroatoms. The van der Waals surface area contributed by atoms with E-state index in [9.17, 15) is 19.1 Å². The summed E-state index contributed by atoms with van der Waals surface area (Å²) in [4.78, 5) is 25.5. The highest BCUT2D eigenvalue weighted by molar-refractivity contribution is 6.34. The SMILES string of the molecule is O=C(O)c1ccc(NC(=O)C(C2CCCCC2)C2(c3ccc(Cl)cc3)Nc3ccc(F)cc3N2)c(Cl)c1. The number of anilines is 3. The number of carboxylic acid groups (broad SMARTS) is 1. The van der Waals surface area contributed by atoms with Crippen molar-refractivity contribution in [3.05, 3.63) is 87.7 Å². The number of carbonyl (C=O) groups is 2. The smallest absolute Gasteiger partial charge is 0.335 e. The highest BCUT2D eigenvalue weighted by Gasteiger charge is 2.52. The van der Waals surface area contributed by atoms with E-state index in [0.29, 0.717) is 22.1 Å². The van der Waals surface area contributed by atoms with Crippen LogP contribution in [0, 0.1) is 17.7 Å². The Morgan fingerprint density at radius 3 is 2.32 bits per heavy atom. The topological polar surface area (TPSA) is 90.5 Å². The largest absolute Gasteiger partial charge is 0.478 e. The molecule has 1 aliphatic heterocycles. The molecule has 192 valence electrons. The molecule has 3 aromatic rings. The Morgan fingerprint density at radius 2 is 1.65 bits per heavy atom. The van der Waals surface area contributed by atoms with Crippen molar-refractivity contribution in [1.82, 2.24) is 0 Å². The molecule has 4 N–H and O–H groups in total. The highest BCUT2D eigenvalue weighted by Crippen LogP contribution is 2.49. The minimum Gasteiger partial charge on any atom is -0.478 e. The summed E-state index contributed by atoms with van der Waals surface area (Å²) in [5.74, 6) is -2.38. The van der Waals surface area contributed by atoms with Crippen molar-refractivity contribution < 1.29 is 19.1 Å². The van der Waals surface area contributed by atoms with E-state index in [1.807, 2.05) is 12.1 Å². The Bertz CT molecular complexity index is 1340. The van der Waals surface area contributed by atoms with E-state index in [1.54, 1.807) is 18.2 Å². The van der Waals surface area contributed by atoms with Gasteiger partial charge in [0, 0.05) is 5.02 Å². The number of amides is 1. The van der Waals surface area contributed by atoms with Crippen LogP contribution in [0.15, 0.2) is 60.7 Å². The molecule has 2 aliphatic rings. The molecule has 1 fully saturated rings. The lowest BCUT2D eigenvalue weighted by atomic mass is 9.71. The fourth-order valence-electron chi connectivity index (χ4n) is 5.57. The summed E-state index contributed by atoms with van der Waals surface area (Å²) in [6, 6.07) is 15.9. The number of fused-ring (bicyclic) bond motifs is 1. The third-order valence-corrected chi connectivity index (χ3v) is 7.85. The Morgan fingerprint density at radius 1 is 0.946 bits per heavy atom. The number of nitrogens with one attached hydrogen (secondary N) is 3. The van der Waals surface area contributed by atoms with E-state index in [1.165, 1.54) is 30.3 Å². The molecule has 2 atom stereocenters. The second-order valence-corrected chi connectivity index (χ2v) is 10.5. The molecule has 1 amide bonds. The lowest BCUT2D eigenvalue weighted by Crippen LogP contribution is -2.54. The molecule has 6 nitrogen and oxygen atoms in total. The average molecular weight is 542 g/mol. The first-order valence-corrected chi connectivity index (χ1v) is 13.0. The van der Waals surface area contributed by atoms with Gasteiger partial charge in [-0.1, -0.05) is 54.6 Å². The summed E-state index contributed by atoms with van der Waals surface area (Å²) < 4.78 is 14.2. The maximum absolute atomic E-state index is 14.2. The second-order valence-electron chi connectivity index (χ2n) is 9.62. The zero-order chi connectivity index (χ0) is 26.2. The van der Waals surface area contributed by atoms with Crippen molar-refractivity contribution in [2.45, 2.75) is 37.8 Å². The van der Waals surface area contributed by atoms with Gasteiger partial charge in [0.2, 0.25) is 5.91 Å². The number of halogens is 3. The normalized spacial score (nSPS) is 19.9. The summed E-state index contributed by atoms with van der Waals surface area (Å²) in [6.07, 6.45) is 4.81. The Labute approximate surface area is 224 Å². The van der Waals surface area contributed by atoms with Crippen LogP contribution in [0.25, 0.3) is 0 Å². The third-order valence-electron chi connectivity index (χ3n) is 7.29. The number of benzene rings is 3. The minimum atomic E-state index is -1.11. The van der Waals surface area contributed by atoms with Crippen LogP contribution in [-0.4, -0.2) is 17.0 Å². The first-order chi connectivity index (χ1) is 17.8. The van der Waals surface area contributed by atoms with Crippen molar-refractivity contribution >= 4 is 52.1 Å². The van der Waals surface area contributed by atoms with E-state index < -0.39 is 17.6 Å². The van der Waals surface area contributed by atoms with Crippen molar-refractivity contribution in [2.75, 3.05) is 16.0 Å².